The van der Waals surface area contributed by atoms with Crippen molar-refractivity contribution >= 4 is 11.7 Å². The van der Waals surface area contributed by atoms with Crippen LogP contribution in [-0.2, 0) is 17.8 Å². The van der Waals surface area contributed by atoms with Gasteiger partial charge in [0.25, 0.3) is 0 Å². The summed E-state index contributed by atoms with van der Waals surface area (Å²) in [5.41, 5.74) is 3.15. The summed E-state index contributed by atoms with van der Waals surface area (Å²) in [7, 11) is 0. The van der Waals surface area contributed by atoms with Gasteiger partial charge in [-0.25, -0.2) is 0 Å². The van der Waals surface area contributed by atoms with Crippen LogP contribution in [0.5, 0.6) is 17.2 Å². The molecule has 0 unspecified atom stereocenters. The van der Waals surface area contributed by atoms with Crippen LogP contribution in [0.3, 0.4) is 0 Å². The maximum atomic E-state index is 12.7. The van der Waals surface area contributed by atoms with Crippen LogP contribution in [0.1, 0.15) is 40.7 Å². The van der Waals surface area contributed by atoms with Crippen molar-refractivity contribution < 1.29 is 23.8 Å². The quantitative estimate of drug-likeness (QED) is 0.630. The Kier molecular flexibility index (Phi) is 6.48. The molecule has 7 nitrogen and oxygen atoms in total. The Balaban J connectivity index is 1.08. The smallest absolute Gasteiger partial charge is 0.223 e. The van der Waals surface area contributed by atoms with Crippen molar-refractivity contribution in [2.75, 3.05) is 46.0 Å². The minimum Gasteiger partial charge on any atom is -0.493 e. The molecule has 5 rings (SSSR count). The Morgan fingerprint density at radius 3 is 2.39 bits per heavy atom. The summed E-state index contributed by atoms with van der Waals surface area (Å²) in [5, 5.41) is 0. The van der Waals surface area contributed by atoms with Crippen LogP contribution in [0, 0.1) is 0 Å². The predicted octanol–water partition coefficient (Wildman–Crippen LogP) is 3.09. The third-order valence-electron chi connectivity index (χ3n) is 6.52. The first kappa shape index (κ1) is 21.8. The van der Waals surface area contributed by atoms with E-state index >= 15 is 0 Å². The lowest BCUT2D eigenvalue weighted by Gasteiger charge is -2.34. The average molecular weight is 451 g/mol. The molecule has 0 bridgehead atoms. The van der Waals surface area contributed by atoms with Gasteiger partial charge in [-0.15, -0.1) is 0 Å². The zero-order valence-corrected chi connectivity index (χ0v) is 18.9. The van der Waals surface area contributed by atoms with Gasteiger partial charge in [-0.2, -0.15) is 0 Å². The number of carbonyl (C=O) groups excluding carboxylic acids is 2. The minimum atomic E-state index is -0.0433. The Hall–Kier alpha value is -3.06. The summed E-state index contributed by atoms with van der Waals surface area (Å²) in [5.74, 6) is 2.30. The van der Waals surface area contributed by atoms with Gasteiger partial charge in [0.2, 0.25) is 5.91 Å². The Bertz CT molecular complexity index is 1030. The molecule has 2 aromatic carbocycles. The molecule has 0 aliphatic carbocycles. The summed E-state index contributed by atoms with van der Waals surface area (Å²) in [6, 6.07) is 11.7. The zero-order chi connectivity index (χ0) is 22.6. The molecule has 33 heavy (non-hydrogen) atoms. The molecule has 0 spiro atoms. The summed E-state index contributed by atoms with van der Waals surface area (Å²) < 4.78 is 16.9. The molecule has 3 heterocycles. The van der Waals surface area contributed by atoms with Crippen molar-refractivity contribution in [1.29, 1.82) is 0 Å². The fraction of sp³-hybridized carbons (Fsp3) is 0.462. The van der Waals surface area contributed by atoms with Crippen LogP contribution in [0.25, 0.3) is 0 Å². The largest absolute Gasteiger partial charge is 0.493 e. The number of benzene rings is 2. The van der Waals surface area contributed by atoms with Crippen LogP contribution in [0.2, 0.25) is 0 Å². The molecule has 3 aliphatic rings. The Labute approximate surface area is 194 Å². The number of amides is 1. The fourth-order valence-electron chi connectivity index (χ4n) is 4.61. The zero-order valence-electron chi connectivity index (χ0n) is 18.9. The number of carbonyl (C=O) groups is 2. The lowest BCUT2D eigenvalue weighted by Crippen LogP contribution is -2.48. The molecule has 0 atom stereocenters. The van der Waals surface area contributed by atoms with Crippen molar-refractivity contribution in [2.45, 2.75) is 32.2 Å². The van der Waals surface area contributed by atoms with Crippen LogP contribution >= 0.6 is 0 Å². The maximum Gasteiger partial charge on any atom is 0.223 e. The van der Waals surface area contributed by atoms with Crippen molar-refractivity contribution in [3.8, 4) is 17.2 Å². The number of nitrogens with zero attached hydrogens (tertiary/aromatic N) is 2. The first-order valence-corrected chi connectivity index (χ1v) is 11.8. The Morgan fingerprint density at radius 2 is 1.55 bits per heavy atom. The highest BCUT2D eigenvalue weighted by atomic mass is 16.5. The van der Waals surface area contributed by atoms with Crippen LogP contribution in [0.4, 0.5) is 0 Å². The van der Waals surface area contributed by atoms with Crippen LogP contribution in [0.15, 0.2) is 36.4 Å². The number of rotatable bonds is 6. The molecule has 1 fully saturated rings. The first-order valence-electron chi connectivity index (χ1n) is 11.8. The van der Waals surface area contributed by atoms with Gasteiger partial charge in [-0.1, -0.05) is 12.1 Å². The fourth-order valence-corrected chi connectivity index (χ4v) is 4.61. The number of hydrogen-bond acceptors (Lipinski definition) is 6. The molecule has 1 amide bonds. The van der Waals surface area contributed by atoms with Gasteiger partial charge in [-0.05, 0) is 35.4 Å². The van der Waals surface area contributed by atoms with Crippen molar-refractivity contribution in [1.82, 2.24) is 9.80 Å². The highest BCUT2D eigenvalue weighted by Crippen LogP contribution is 2.31. The van der Waals surface area contributed by atoms with Gasteiger partial charge < -0.3 is 19.1 Å². The van der Waals surface area contributed by atoms with E-state index in [1.165, 1.54) is 11.1 Å². The molecule has 0 aromatic heterocycles. The number of hydrogen-bond donors (Lipinski definition) is 0. The highest BCUT2D eigenvalue weighted by Gasteiger charge is 2.23. The van der Waals surface area contributed by atoms with Gasteiger partial charge in [0.1, 0.15) is 5.75 Å². The van der Waals surface area contributed by atoms with E-state index in [1.54, 1.807) is 18.2 Å². The highest BCUT2D eigenvalue weighted by molar-refractivity contribution is 5.98. The predicted molar refractivity (Wildman–Crippen MR) is 123 cm³/mol. The molecule has 7 heteroatoms. The Morgan fingerprint density at radius 1 is 0.788 bits per heavy atom. The average Bonchev–Trinajstić information content (AvgIpc) is 3.18. The monoisotopic (exact) mass is 450 g/mol. The van der Waals surface area contributed by atoms with Gasteiger partial charge >= 0.3 is 0 Å². The van der Waals surface area contributed by atoms with Gasteiger partial charge in [0, 0.05) is 64.0 Å². The van der Waals surface area contributed by atoms with E-state index in [1.807, 2.05) is 4.90 Å². The minimum absolute atomic E-state index is 0.0433. The molecule has 0 saturated carbocycles. The number of ether oxygens (including phenoxy) is 3. The van der Waals surface area contributed by atoms with E-state index < -0.39 is 0 Å². The van der Waals surface area contributed by atoms with Crippen molar-refractivity contribution in [3.05, 3.63) is 53.1 Å². The maximum absolute atomic E-state index is 12.7. The second-order valence-corrected chi connectivity index (χ2v) is 8.83. The third-order valence-corrected chi connectivity index (χ3v) is 6.52. The molecule has 0 N–H and O–H groups in total. The number of piperazine rings is 1. The first-order chi connectivity index (χ1) is 16.2. The summed E-state index contributed by atoms with van der Waals surface area (Å²) in [4.78, 5) is 29.6. The van der Waals surface area contributed by atoms with Gasteiger partial charge in [0.15, 0.2) is 17.3 Å². The second-order valence-electron chi connectivity index (χ2n) is 8.83. The molecule has 3 aliphatic heterocycles. The van der Waals surface area contributed by atoms with Gasteiger partial charge in [-0.3, -0.25) is 14.5 Å². The molecule has 2 aromatic rings. The number of Topliss-reactive ketones (excluding diaryl/α,β-unsaturated/α-hetero) is 1. The topological polar surface area (TPSA) is 68.3 Å². The summed E-state index contributed by atoms with van der Waals surface area (Å²) in [6.45, 7) is 5.94. The third kappa shape index (κ3) is 5.14. The standard InChI is InChI=1S/C26H30N2O5/c29-22(20-3-6-24-25(17-20)32-14-1-13-31-24)4-7-26(30)28-11-9-27(10-12-28)18-19-2-5-23-21(16-19)8-15-33-23/h2-3,5-6,16-17H,1,4,7-15,18H2. The van der Waals surface area contributed by atoms with Gasteiger partial charge in [0.05, 0.1) is 19.8 Å². The van der Waals surface area contributed by atoms with E-state index in [0.717, 1.165) is 44.8 Å². The molecular weight excluding hydrogens is 420 g/mol. The van der Waals surface area contributed by atoms with E-state index in [-0.39, 0.29) is 24.5 Å². The SMILES string of the molecule is O=C(CCC(=O)N1CCN(Cc2ccc3c(c2)CCO3)CC1)c1ccc2c(c1)OCCCO2. The number of fused-ring (bicyclic) bond motifs is 2. The lowest BCUT2D eigenvalue weighted by atomic mass is 10.1. The summed E-state index contributed by atoms with van der Waals surface area (Å²) >= 11 is 0. The molecule has 174 valence electrons. The molecule has 0 radical (unpaired) electrons. The normalized spacial score (nSPS) is 17.8. The van der Waals surface area contributed by atoms with Crippen LogP contribution < -0.4 is 14.2 Å². The summed E-state index contributed by atoms with van der Waals surface area (Å²) in [6.07, 6.45) is 2.24. The van der Waals surface area contributed by atoms with E-state index in [9.17, 15) is 9.59 Å². The van der Waals surface area contributed by atoms with Crippen LogP contribution in [-0.4, -0.2) is 67.5 Å². The van der Waals surface area contributed by atoms with E-state index in [4.69, 9.17) is 14.2 Å². The molecule has 1 saturated heterocycles. The van der Waals surface area contributed by atoms with E-state index in [0.29, 0.717) is 43.4 Å². The second kappa shape index (κ2) is 9.83. The lowest BCUT2D eigenvalue weighted by molar-refractivity contribution is -0.132. The van der Waals surface area contributed by atoms with Crippen molar-refractivity contribution in [2.24, 2.45) is 0 Å². The van der Waals surface area contributed by atoms with Crippen molar-refractivity contribution in [3.63, 3.8) is 0 Å². The number of ketones is 1. The molecular formula is C26H30N2O5. The van der Waals surface area contributed by atoms with E-state index in [2.05, 4.69) is 23.1 Å².